The van der Waals surface area contributed by atoms with E-state index in [1.54, 1.807) is 0 Å². The molecule has 0 radical (unpaired) electrons. The number of aromatic nitrogens is 2. The number of aliphatic imine (C=N–C) groups is 1. The lowest BCUT2D eigenvalue weighted by atomic mass is 10.1. The molecule has 1 aromatic heterocycles. The average molecular weight is 451 g/mol. The molecule has 0 saturated carbocycles. The van der Waals surface area contributed by atoms with Crippen LogP contribution in [0.3, 0.4) is 0 Å². The van der Waals surface area contributed by atoms with Crippen molar-refractivity contribution in [3.05, 3.63) is 18.0 Å². The van der Waals surface area contributed by atoms with Crippen LogP contribution in [0.5, 0.6) is 0 Å². The Labute approximate surface area is 161 Å². The highest BCUT2D eigenvalue weighted by atomic mass is 127. The van der Waals surface area contributed by atoms with E-state index in [9.17, 15) is 0 Å². The molecule has 2 heterocycles. The number of aryl methyl sites for hydroxylation is 1. The van der Waals surface area contributed by atoms with Gasteiger partial charge in [0, 0.05) is 50.4 Å². The highest BCUT2D eigenvalue weighted by molar-refractivity contribution is 14.0. The zero-order valence-corrected chi connectivity index (χ0v) is 17.8. The van der Waals surface area contributed by atoms with Gasteiger partial charge in [0.15, 0.2) is 5.96 Å². The lowest BCUT2D eigenvalue weighted by Gasteiger charge is -2.36. The van der Waals surface area contributed by atoms with Gasteiger partial charge in [-0.3, -0.25) is 9.67 Å². The average Bonchev–Trinajstić information content (AvgIpc) is 2.92. The molecule has 1 unspecified atom stereocenters. The monoisotopic (exact) mass is 451 g/mol. The molecule has 0 bridgehead atoms. The van der Waals surface area contributed by atoms with Crippen LogP contribution in [-0.4, -0.2) is 57.8 Å². The topological polar surface area (TPSA) is 45.5 Å². The van der Waals surface area contributed by atoms with Crippen LogP contribution in [0.4, 0.5) is 0 Å². The number of hydrogen-bond acceptors (Lipinski definition) is 3. The van der Waals surface area contributed by atoms with Gasteiger partial charge >= 0.3 is 0 Å². The van der Waals surface area contributed by atoms with Gasteiger partial charge < -0.3 is 10.2 Å². The van der Waals surface area contributed by atoms with E-state index >= 15 is 0 Å². The number of nitrogens with zero attached hydrogens (tertiary/aromatic N) is 4. The molecule has 1 saturated heterocycles. The molecular formula is C16H30IN5S. The highest BCUT2D eigenvalue weighted by Gasteiger charge is 2.24. The summed E-state index contributed by atoms with van der Waals surface area (Å²) in [6.07, 6.45) is 4.93. The van der Waals surface area contributed by atoms with Crippen LogP contribution in [0.25, 0.3) is 0 Å². The maximum atomic E-state index is 4.82. The fourth-order valence-corrected chi connectivity index (χ4v) is 3.89. The van der Waals surface area contributed by atoms with E-state index in [-0.39, 0.29) is 24.0 Å². The predicted molar refractivity (Wildman–Crippen MR) is 111 cm³/mol. The van der Waals surface area contributed by atoms with Gasteiger partial charge in [0.1, 0.15) is 0 Å². The minimum absolute atomic E-state index is 0. The molecule has 5 nitrogen and oxygen atoms in total. The number of rotatable bonds is 5. The Balaban J connectivity index is 0.00000264. The number of halogens is 1. The normalized spacial score (nSPS) is 18.9. The van der Waals surface area contributed by atoms with Crippen molar-refractivity contribution in [3.63, 3.8) is 0 Å². The molecule has 7 heteroatoms. The largest absolute Gasteiger partial charge is 0.357 e. The number of thioether (sulfide) groups is 1. The Bertz CT molecular complexity index is 489. The SMILES string of the molecule is CCNC(=NCCc1cnn(C)c1)N1CCSC(C(C)C)C1.I. The van der Waals surface area contributed by atoms with Gasteiger partial charge in [-0.25, -0.2) is 0 Å². The first-order chi connectivity index (χ1) is 10.6. The Morgan fingerprint density at radius 2 is 2.30 bits per heavy atom. The minimum Gasteiger partial charge on any atom is -0.357 e. The van der Waals surface area contributed by atoms with Gasteiger partial charge in [0.05, 0.1) is 6.20 Å². The second-order valence-corrected chi connectivity index (χ2v) is 7.45. The molecule has 1 aliphatic rings. The third kappa shape index (κ3) is 6.52. The van der Waals surface area contributed by atoms with Crippen LogP contribution >= 0.6 is 35.7 Å². The number of nitrogens with one attached hydrogen (secondary N) is 1. The first kappa shape index (κ1) is 20.6. The Morgan fingerprint density at radius 1 is 1.52 bits per heavy atom. The second kappa shape index (κ2) is 10.4. The van der Waals surface area contributed by atoms with Gasteiger partial charge in [-0.15, -0.1) is 24.0 Å². The van der Waals surface area contributed by atoms with Crippen LogP contribution in [0.15, 0.2) is 17.4 Å². The van der Waals surface area contributed by atoms with Crippen molar-refractivity contribution in [2.24, 2.45) is 18.0 Å². The molecule has 1 fully saturated rings. The van der Waals surface area contributed by atoms with Crippen molar-refractivity contribution in [2.45, 2.75) is 32.4 Å². The Kier molecular flexibility index (Phi) is 9.34. The zero-order chi connectivity index (χ0) is 15.9. The van der Waals surface area contributed by atoms with Gasteiger partial charge in [0.2, 0.25) is 0 Å². The quantitative estimate of drug-likeness (QED) is 0.425. The molecular weight excluding hydrogens is 421 g/mol. The van der Waals surface area contributed by atoms with E-state index in [2.05, 4.69) is 54.0 Å². The summed E-state index contributed by atoms with van der Waals surface area (Å²) in [6.45, 7) is 10.7. The molecule has 132 valence electrons. The second-order valence-electron chi connectivity index (χ2n) is 6.11. The Morgan fingerprint density at radius 3 is 2.91 bits per heavy atom. The maximum absolute atomic E-state index is 4.82. The molecule has 0 aromatic carbocycles. The van der Waals surface area contributed by atoms with Gasteiger partial charge in [-0.1, -0.05) is 13.8 Å². The molecule has 0 aliphatic carbocycles. The summed E-state index contributed by atoms with van der Waals surface area (Å²) in [4.78, 5) is 7.25. The highest BCUT2D eigenvalue weighted by Crippen LogP contribution is 2.24. The third-order valence-corrected chi connectivity index (χ3v) is 5.43. The fraction of sp³-hybridized carbons (Fsp3) is 0.750. The molecule has 1 atom stereocenters. The van der Waals surface area contributed by atoms with Crippen molar-refractivity contribution < 1.29 is 0 Å². The molecule has 1 N–H and O–H groups in total. The summed E-state index contributed by atoms with van der Waals surface area (Å²) in [5.41, 5.74) is 1.25. The maximum Gasteiger partial charge on any atom is 0.193 e. The lowest BCUT2D eigenvalue weighted by Crippen LogP contribution is -2.49. The summed E-state index contributed by atoms with van der Waals surface area (Å²) in [7, 11) is 1.95. The van der Waals surface area contributed by atoms with E-state index in [1.165, 1.54) is 11.3 Å². The number of hydrogen-bond donors (Lipinski definition) is 1. The minimum atomic E-state index is 0. The summed E-state index contributed by atoms with van der Waals surface area (Å²) < 4.78 is 1.85. The van der Waals surface area contributed by atoms with Crippen LogP contribution in [-0.2, 0) is 13.5 Å². The summed E-state index contributed by atoms with van der Waals surface area (Å²) >= 11 is 2.10. The van der Waals surface area contributed by atoms with Gasteiger partial charge in [0.25, 0.3) is 0 Å². The van der Waals surface area contributed by atoms with Gasteiger partial charge in [-0.05, 0) is 24.8 Å². The lowest BCUT2D eigenvalue weighted by molar-refractivity contribution is 0.381. The van der Waals surface area contributed by atoms with Crippen LogP contribution in [0, 0.1) is 5.92 Å². The zero-order valence-electron chi connectivity index (χ0n) is 14.7. The third-order valence-electron chi connectivity index (χ3n) is 3.89. The van der Waals surface area contributed by atoms with Crippen molar-refractivity contribution >= 4 is 41.7 Å². The fourth-order valence-electron chi connectivity index (χ4n) is 2.59. The standard InChI is InChI=1S/C16H29N5S.HI/c1-5-17-16(18-7-6-14-10-19-20(4)11-14)21-8-9-22-15(12-21)13(2)3;/h10-11,13,15H,5-9,12H2,1-4H3,(H,17,18);1H. The van der Waals surface area contributed by atoms with E-state index in [0.717, 1.165) is 38.6 Å². The van der Waals surface area contributed by atoms with Crippen molar-refractivity contribution in [3.8, 4) is 0 Å². The summed E-state index contributed by atoms with van der Waals surface area (Å²) in [5, 5.41) is 8.36. The first-order valence-electron chi connectivity index (χ1n) is 8.22. The molecule has 0 spiro atoms. The van der Waals surface area contributed by atoms with Crippen molar-refractivity contribution in [2.75, 3.05) is 31.9 Å². The Hall–Kier alpha value is -0.440. The van der Waals surface area contributed by atoms with Crippen LogP contribution < -0.4 is 5.32 Å². The van der Waals surface area contributed by atoms with Crippen molar-refractivity contribution in [1.29, 1.82) is 0 Å². The predicted octanol–water partition coefficient (Wildman–Crippen LogP) is 2.62. The van der Waals surface area contributed by atoms with E-state index in [1.807, 2.05) is 17.9 Å². The van der Waals surface area contributed by atoms with E-state index < -0.39 is 0 Å². The molecule has 1 aromatic rings. The molecule has 1 aliphatic heterocycles. The summed E-state index contributed by atoms with van der Waals surface area (Å²) in [5.74, 6) is 2.97. The summed E-state index contributed by atoms with van der Waals surface area (Å²) in [6, 6.07) is 0. The van der Waals surface area contributed by atoms with E-state index in [4.69, 9.17) is 4.99 Å². The van der Waals surface area contributed by atoms with Crippen molar-refractivity contribution in [1.82, 2.24) is 20.0 Å². The van der Waals surface area contributed by atoms with Crippen LogP contribution in [0.2, 0.25) is 0 Å². The van der Waals surface area contributed by atoms with Gasteiger partial charge in [-0.2, -0.15) is 16.9 Å². The molecule has 2 rings (SSSR count). The first-order valence-corrected chi connectivity index (χ1v) is 9.27. The van der Waals surface area contributed by atoms with Crippen LogP contribution in [0.1, 0.15) is 26.3 Å². The molecule has 0 amide bonds. The number of guanidine groups is 1. The smallest absolute Gasteiger partial charge is 0.193 e. The molecule has 23 heavy (non-hydrogen) atoms. The van der Waals surface area contributed by atoms with E-state index in [0.29, 0.717) is 11.2 Å².